The first-order valence-electron chi connectivity index (χ1n) is 8.51. The Bertz CT molecular complexity index is 1000. The summed E-state index contributed by atoms with van der Waals surface area (Å²) < 4.78 is 12.3. The van der Waals surface area contributed by atoms with E-state index in [1.807, 2.05) is 31.3 Å². The van der Waals surface area contributed by atoms with Crippen LogP contribution in [0.25, 0.3) is 6.08 Å². The van der Waals surface area contributed by atoms with Crippen molar-refractivity contribution in [2.24, 2.45) is 0 Å². The lowest BCUT2D eigenvalue weighted by molar-refractivity contribution is -0.385. The molecule has 2 aromatic carbocycles. The second-order valence-corrected chi connectivity index (χ2v) is 8.04. The Hall–Kier alpha value is -2.54. The van der Waals surface area contributed by atoms with Crippen LogP contribution in [0.3, 0.4) is 0 Å². The fourth-order valence-corrected chi connectivity index (χ4v) is 4.85. The summed E-state index contributed by atoms with van der Waals surface area (Å²) in [4.78, 5) is 13.1. The van der Waals surface area contributed by atoms with E-state index in [4.69, 9.17) is 9.47 Å². The molecule has 0 fully saturated rings. The first kappa shape index (κ1) is 17.9. The van der Waals surface area contributed by atoms with Crippen LogP contribution in [0.4, 0.5) is 11.4 Å². The van der Waals surface area contributed by atoms with Gasteiger partial charge in [0.2, 0.25) is 11.5 Å². The summed E-state index contributed by atoms with van der Waals surface area (Å²) in [5, 5.41) is 11.4. The maximum atomic E-state index is 11.4. The highest BCUT2D eigenvalue weighted by molar-refractivity contribution is 9.10. The van der Waals surface area contributed by atoms with Crippen LogP contribution >= 0.6 is 15.9 Å². The highest BCUT2D eigenvalue weighted by atomic mass is 79.9. The number of ether oxygens (including phenoxy) is 2. The lowest BCUT2D eigenvalue weighted by atomic mass is 9.76. The summed E-state index contributed by atoms with van der Waals surface area (Å²) in [7, 11) is 3.41. The maximum absolute atomic E-state index is 11.4. The molecule has 0 saturated carbocycles. The summed E-state index contributed by atoms with van der Waals surface area (Å²) in [6.07, 6.45) is 3.87. The third-order valence-corrected chi connectivity index (χ3v) is 6.39. The van der Waals surface area contributed by atoms with Crippen molar-refractivity contribution >= 4 is 33.4 Å². The summed E-state index contributed by atoms with van der Waals surface area (Å²) in [5.74, 6) is 0.688. The van der Waals surface area contributed by atoms with Crippen LogP contribution in [0.2, 0.25) is 0 Å². The van der Waals surface area contributed by atoms with Crippen molar-refractivity contribution in [3.05, 3.63) is 62.1 Å². The summed E-state index contributed by atoms with van der Waals surface area (Å²) >= 11 is 3.46. The van der Waals surface area contributed by atoms with Crippen molar-refractivity contribution < 1.29 is 14.4 Å². The minimum absolute atomic E-state index is 0.102. The van der Waals surface area contributed by atoms with E-state index in [1.165, 1.54) is 18.7 Å². The van der Waals surface area contributed by atoms with E-state index in [0.717, 1.165) is 5.69 Å². The Kier molecular flexibility index (Phi) is 3.79. The van der Waals surface area contributed by atoms with Crippen molar-refractivity contribution in [2.45, 2.75) is 25.0 Å². The zero-order valence-electron chi connectivity index (χ0n) is 15.4. The second kappa shape index (κ2) is 5.73. The van der Waals surface area contributed by atoms with Crippen LogP contribution in [0.15, 0.2) is 40.9 Å². The van der Waals surface area contributed by atoms with Gasteiger partial charge < -0.3 is 14.4 Å². The molecule has 1 unspecified atom stereocenters. The molecule has 0 N–H and O–H groups in total. The molecule has 0 radical (unpaired) electrons. The van der Waals surface area contributed by atoms with Gasteiger partial charge in [-0.15, -0.1) is 0 Å². The first-order valence-corrected chi connectivity index (χ1v) is 9.30. The van der Waals surface area contributed by atoms with Crippen LogP contribution in [-0.4, -0.2) is 24.8 Å². The van der Waals surface area contributed by atoms with Gasteiger partial charge in [0, 0.05) is 24.4 Å². The molecule has 140 valence electrons. The smallest absolute Gasteiger partial charge is 0.313 e. The summed E-state index contributed by atoms with van der Waals surface area (Å²) in [5.41, 5.74) is 1.72. The predicted octanol–water partition coefficient (Wildman–Crippen LogP) is 4.90. The van der Waals surface area contributed by atoms with Gasteiger partial charge in [0.05, 0.1) is 17.4 Å². The molecular formula is C20H19BrN2O4. The van der Waals surface area contributed by atoms with Gasteiger partial charge in [-0.1, -0.05) is 18.2 Å². The third-order valence-electron chi connectivity index (χ3n) is 5.67. The van der Waals surface area contributed by atoms with Crippen LogP contribution in [0, 0.1) is 10.1 Å². The van der Waals surface area contributed by atoms with Gasteiger partial charge in [0.25, 0.3) is 0 Å². The van der Waals surface area contributed by atoms with E-state index < -0.39 is 10.6 Å². The Morgan fingerprint density at radius 2 is 2.00 bits per heavy atom. The molecule has 2 aliphatic rings. The number of hydrogen-bond donors (Lipinski definition) is 0. The summed E-state index contributed by atoms with van der Waals surface area (Å²) in [6.45, 7) is 4.28. The molecule has 0 bridgehead atoms. The van der Waals surface area contributed by atoms with Crippen LogP contribution in [0.5, 0.6) is 11.5 Å². The number of nitro benzene ring substituents is 1. The number of benzene rings is 2. The van der Waals surface area contributed by atoms with Crippen LogP contribution < -0.4 is 14.4 Å². The Labute approximate surface area is 165 Å². The van der Waals surface area contributed by atoms with Gasteiger partial charge in [-0.3, -0.25) is 10.1 Å². The van der Waals surface area contributed by atoms with Crippen molar-refractivity contribution in [1.82, 2.24) is 0 Å². The number of halogens is 1. The third kappa shape index (κ3) is 2.18. The standard InChI is InChI=1S/C20H19BrN2O4/c1-19(2)13-7-5-6-8-14(13)22(3)20(19)10-9-12-11-15(23(24)25)18(26-4)16(21)17(12)27-20/h5-11H,1-4H3. The molecule has 27 heavy (non-hydrogen) atoms. The Morgan fingerprint density at radius 3 is 2.63 bits per heavy atom. The zero-order chi connectivity index (χ0) is 19.6. The number of nitro groups is 1. The molecule has 0 saturated heterocycles. The molecule has 2 aliphatic heterocycles. The lowest BCUT2D eigenvalue weighted by Gasteiger charge is -2.46. The number of rotatable bonds is 2. The first-order chi connectivity index (χ1) is 12.7. The van der Waals surface area contributed by atoms with Crippen LogP contribution in [-0.2, 0) is 5.41 Å². The molecule has 1 atom stereocenters. The Morgan fingerprint density at radius 1 is 1.30 bits per heavy atom. The maximum Gasteiger partial charge on any atom is 0.313 e. The van der Waals surface area contributed by atoms with Crippen LogP contribution in [0.1, 0.15) is 25.0 Å². The lowest BCUT2D eigenvalue weighted by Crippen LogP contribution is -2.58. The molecule has 0 aliphatic carbocycles. The molecule has 7 heteroatoms. The van der Waals surface area contributed by atoms with Crippen molar-refractivity contribution in [3.8, 4) is 11.5 Å². The largest absolute Gasteiger partial charge is 0.489 e. The number of methoxy groups -OCH3 is 1. The fraction of sp³-hybridized carbons (Fsp3) is 0.300. The average Bonchev–Trinajstić information content (AvgIpc) is 2.81. The molecule has 1 spiro atoms. The van der Waals surface area contributed by atoms with E-state index in [2.05, 4.69) is 46.8 Å². The number of hydrogen-bond acceptors (Lipinski definition) is 5. The highest BCUT2D eigenvalue weighted by Gasteiger charge is 2.58. The quantitative estimate of drug-likeness (QED) is 0.500. The SMILES string of the molecule is COc1c([N+](=O)[O-])cc2c(c1Br)OC1(C=C2)N(C)c2ccccc2C1(C)C. The monoisotopic (exact) mass is 430 g/mol. The van der Waals surface area contributed by atoms with Gasteiger partial charge in [-0.05, 0) is 53.6 Å². The molecule has 0 amide bonds. The average molecular weight is 431 g/mol. The van der Waals surface area contributed by atoms with E-state index in [0.29, 0.717) is 15.8 Å². The van der Waals surface area contributed by atoms with Gasteiger partial charge >= 0.3 is 5.69 Å². The normalized spacial score (nSPS) is 21.6. The molecular weight excluding hydrogens is 412 g/mol. The minimum Gasteiger partial charge on any atom is -0.489 e. The van der Waals surface area contributed by atoms with E-state index in [1.54, 1.807) is 0 Å². The minimum atomic E-state index is -0.757. The van der Waals surface area contributed by atoms with Gasteiger partial charge in [0.15, 0.2) is 0 Å². The topological polar surface area (TPSA) is 64.8 Å². The highest BCUT2D eigenvalue weighted by Crippen LogP contribution is 2.56. The molecule has 4 rings (SSSR count). The zero-order valence-corrected chi connectivity index (χ0v) is 17.0. The molecule has 0 aromatic heterocycles. The molecule has 6 nitrogen and oxygen atoms in total. The fourth-order valence-electron chi connectivity index (χ4n) is 4.17. The molecule has 2 aromatic rings. The van der Waals surface area contributed by atoms with E-state index in [9.17, 15) is 10.1 Å². The van der Waals surface area contributed by atoms with Crippen molar-refractivity contribution in [1.29, 1.82) is 0 Å². The van der Waals surface area contributed by atoms with Crippen molar-refractivity contribution in [2.75, 3.05) is 19.1 Å². The van der Waals surface area contributed by atoms with Gasteiger partial charge in [-0.25, -0.2) is 0 Å². The number of likely N-dealkylation sites (N-methyl/N-ethyl adjacent to an activating group) is 1. The number of fused-ring (bicyclic) bond motifs is 2. The predicted molar refractivity (Wildman–Crippen MR) is 108 cm³/mol. The summed E-state index contributed by atoms with van der Waals surface area (Å²) in [6, 6.07) is 9.70. The number of nitrogens with zero attached hydrogens (tertiary/aromatic N) is 2. The number of anilines is 1. The van der Waals surface area contributed by atoms with Gasteiger partial charge in [-0.2, -0.15) is 0 Å². The Balaban J connectivity index is 1.92. The second-order valence-electron chi connectivity index (χ2n) is 7.25. The number of para-hydroxylation sites is 1. The van der Waals surface area contributed by atoms with Gasteiger partial charge in [0.1, 0.15) is 10.2 Å². The van der Waals surface area contributed by atoms with E-state index in [-0.39, 0.29) is 16.9 Å². The molecule has 2 heterocycles. The van der Waals surface area contributed by atoms with Crippen molar-refractivity contribution in [3.63, 3.8) is 0 Å². The van der Waals surface area contributed by atoms with E-state index >= 15 is 0 Å².